The maximum absolute atomic E-state index is 12.5. The number of H-pyrrole nitrogens is 1. The topological polar surface area (TPSA) is 82.2 Å². The predicted octanol–water partition coefficient (Wildman–Crippen LogP) is 2.79. The molecule has 0 bridgehead atoms. The average molecular weight is 334 g/mol. The molecular weight excluding hydrogens is 312 g/mol. The maximum Gasteiger partial charge on any atom is 0.268 e. The molecular formula is C17H22N2O3S. The lowest BCUT2D eigenvalue weighted by atomic mass is 9.99. The predicted molar refractivity (Wildman–Crippen MR) is 91.1 cm³/mol. The van der Waals surface area contributed by atoms with Crippen LogP contribution in [0.25, 0.3) is 0 Å². The van der Waals surface area contributed by atoms with Crippen LogP contribution in [0.1, 0.15) is 58.4 Å². The molecule has 0 saturated heterocycles. The first-order valence-corrected chi connectivity index (χ1v) is 8.47. The van der Waals surface area contributed by atoms with E-state index in [-0.39, 0.29) is 18.2 Å². The van der Waals surface area contributed by atoms with Gasteiger partial charge in [0.15, 0.2) is 5.78 Å². The van der Waals surface area contributed by atoms with Gasteiger partial charge in [-0.3, -0.25) is 9.59 Å². The molecule has 1 amide bonds. The summed E-state index contributed by atoms with van der Waals surface area (Å²) in [7, 11) is 0. The fourth-order valence-electron chi connectivity index (χ4n) is 2.71. The normalized spacial score (nSPS) is 13.6. The van der Waals surface area contributed by atoms with Crippen molar-refractivity contribution in [2.24, 2.45) is 0 Å². The molecule has 0 saturated carbocycles. The van der Waals surface area contributed by atoms with Gasteiger partial charge in [-0.05, 0) is 55.1 Å². The van der Waals surface area contributed by atoms with E-state index in [2.05, 4.69) is 10.3 Å². The Hall–Kier alpha value is -1.92. The summed E-state index contributed by atoms with van der Waals surface area (Å²) in [5, 5.41) is 17.0. The molecule has 0 aliphatic carbocycles. The molecule has 0 aliphatic rings. The smallest absolute Gasteiger partial charge is 0.268 e. The molecule has 3 N–H and O–H groups in total. The lowest BCUT2D eigenvalue weighted by Gasteiger charge is -2.22. The number of ketones is 1. The fraction of sp³-hybridized carbons (Fsp3) is 0.412. The second-order valence-electron chi connectivity index (χ2n) is 5.86. The van der Waals surface area contributed by atoms with Crippen LogP contribution in [0.5, 0.6) is 0 Å². The Labute approximate surface area is 139 Å². The Bertz CT molecular complexity index is 715. The number of hydrogen-bond donors (Lipinski definition) is 3. The summed E-state index contributed by atoms with van der Waals surface area (Å²) >= 11 is 1.50. The summed E-state index contributed by atoms with van der Waals surface area (Å²) in [4.78, 5) is 27.2. The first-order chi connectivity index (χ1) is 10.8. The van der Waals surface area contributed by atoms with E-state index in [1.54, 1.807) is 13.8 Å². The van der Waals surface area contributed by atoms with Crippen molar-refractivity contribution in [3.63, 3.8) is 0 Å². The van der Waals surface area contributed by atoms with Crippen LogP contribution in [0.4, 0.5) is 0 Å². The molecule has 0 spiro atoms. The SMILES string of the molecule is CCc1c(C(=O)NCC(C)(O)c2ccsc2)[nH]c(C)c1C(C)=O. The highest BCUT2D eigenvalue weighted by Gasteiger charge is 2.26. The van der Waals surface area contributed by atoms with E-state index >= 15 is 0 Å². The molecule has 1 unspecified atom stereocenters. The fourth-order valence-corrected chi connectivity index (χ4v) is 3.50. The van der Waals surface area contributed by atoms with E-state index in [0.29, 0.717) is 23.4 Å². The van der Waals surface area contributed by atoms with Crippen LogP contribution in [-0.2, 0) is 12.0 Å². The van der Waals surface area contributed by atoms with Gasteiger partial charge in [0.1, 0.15) is 11.3 Å². The van der Waals surface area contributed by atoms with Crippen LogP contribution in [0.15, 0.2) is 16.8 Å². The zero-order chi connectivity index (χ0) is 17.2. The second-order valence-corrected chi connectivity index (χ2v) is 6.64. The minimum absolute atomic E-state index is 0.0556. The van der Waals surface area contributed by atoms with Gasteiger partial charge in [0.2, 0.25) is 0 Å². The molecule has 6 heteroatoms. The molecule has 0 fully saturated rings. The van der Waals surface area contributed by atoms with Crippen molar-refractivity contribution < 1.29 is 14.7 Å². The Morgan fingerprint density at radius 1 is 1.43 bits per heavy atom. The van der Waals surface area contributed by atoms with E-state index in [9.17, 15) is 14.7 Å². The zero-order valence-corrected chi connectivity index (χ0v) is 14.6. The number of aryl methyl sites for hydroxylation is 1. The highest BCUT2D eigenvalue weighted by molar-refractivity contribution is 7.08. The van der Waals surface area contributed by atoms with Crippen LogP contribution in [-0.4, -0.2) is 28.3 Å². The molecule has 2 heterocycles. The van der Waals surface area contributed by atoms with Crippen molar-refractivity contribution >= 4 is 23.0 Å². The monoisotopic (exact) mass is 334 g/mol. The molecule has 2 aromatic rings. The van der Waals surface area contributed by atoms with Crippen molar-refractivity contribution in [3.8, 4) is 0 Å². The van der Waals surface area contributed by atoms with Gasteiger partial charge in [0.05, 0.1) is 6.54 Å². The summed E-state index contributed by atoms with van der Waals surface area (Å²) in [5.74, 6) is -0.368. The van der Waals surface area contributed by atoms with E-state index in [1.807, 2.05) is 23.8 Å². The number of thiophene rings is 1. The van der Waals surface area contributed by atoms with Crippen LogP contribution >= 0.6 is 11.3 Å². The highest BCUT2D eigenvalue weighted by atomic mass is 32.1. The highest BCUT2D eigenvalue weighted by Crippen LogP contribution is 2.23. The Morgan fingerprint density at radius 2 is 2.13 bits per heavy atom. The molecule has 5 nitrogen and oxygen atoms in total. The number of aromatic nitrogens is 1. The lowest BCUT2D eigenvalue weighted by Crippen LogP contribution is -2.38. The van der Waals surface area contributed by atoms with Crippen molar-refractivity contribution in [1.82, 2.24) is 10.3 Å². The van der Waals surface area contributed by atoms with Crippen LogP contribution in [0.2, 0.25) is 0 Å². The molecule has 0 radical (unpaired) electrons. The second kappa shape index (κ2) is 6.68. The van der Waals surface area contributed by atoms with Gasteiger partial charge in [-0.1, -0.05) is 6.92 Å². The zero-order valence-electron chi connectivity index (χ0n) is 13.8. The summed E-state index contributed by atoms with van der Waals surface area (Å²) in [6.07, 6.45) is 0.586. The van der Waals surface area contributed by atoms with E-state index in [4.69, 9.17) is 0 Å². The van der Waals surface area contributed by atoms with Crippen molar-refractivity contribution in [3.05, 3.63) is 44.9 Å². The van der Waals surface area contributed by atoms with Gasteiger partial charge in [0, 0.05) is 11.3 Å². The van der Waals surface area contributed by atoms with Gasteiger partial charge < -0.3 is 15.4 Å². The largest absolute Gasteiger partial charge is 0.384 e. The minimum atomic E-state index is -1.13. The van der Waals surface area contributed by atoms with Crippen molar-refractivity contribution in [2.75, 3.05) is 6.54 Å². The van der Waals surface area contributed by atoms with Gasteiger partial charge in [-0.2, -0.15) is 11.3 Å². The van der Waals surface area contributed by atoms with Crippen LogP contribution in [0, 0.1) is 6.92 Å². The van der Waals surface area contributed by atoms with Gasteiger partial charge in [-0.25, -0.2) is 0 Å². The van der Waals surface area contributed by atoms with Crippen LogP contribution in [0.3, 0.4) is 0 Å². The number of carbonyl (C=O) groups is 2. The summed E-state index contributed by atoms with van der Waals surface area (Å²) in [6, 6.07) is 1.83. The number of hydrogen-bond acceptors (Lipinski definition) is 4. The Kier molecular flexibility index (Phi) is 5.06. The molecule has 2 aromatic heterocycles. The summed E-state index contributed by atoms with van der Waals surface area (Å²) < 4.78 is 0. The van der Waals surface area contributed by atoms with Crippen molar-refractivity contribution in [2.45, 2.75) is 39.7 Å². The van der Waals surface area contributed by atoms with Crippen molar-refractivity contribution in [1.29, 1.82) is 0 Å². The third-order valence-corrected chi connectivity index (χ3v) is 4.64. The summed E-state index contributed by atoms with van der Waals surface area (Å²) in [5.41, 5.74) is 2.04. The molecule has 1 atom stereocenters. The molecule has 0 aromatic carbocycles. The van der Waals surface area contributed by atoms with Gasteiger partial charge in [-0.15, -0.1) is 0 Å². The molecule has 23 heavy (non-hydrogen) atoms. The number of nitrogens with one attached hydrogen (secondary N) is 2. The number of amides is 1. The van der Waals surface area contributed by atoms with Gasteiger partial charge >= 0.3 is 0 Å². The van der Waals surface area contributed by atoms with Gasteiger partial charge in [0.25, 0.3) is 5.91 Å². The van der Waals surface area contributed by atoms with E-state index in [1.165, 1.54) is 18.3 Å². The maximum atomic E-state index is 12.5. The summed E-state index contributed by atoms with van der Waals surface area (Å²) in [6.45, 7) is 6.95. The standard InChI is InChI=1S/C17H22N2O3S/c1-5-13-14(11(3)20)10(2)19-15(13)16(21)18-9-17(4,22)12-6-7-23-8-12/h6-8,19,22H,5,9H2,1-4H3,(H,18,21). The van der Waals surface area contributed by atoms with Crippen LogP contribution < -0.4 is 5.32 Å². The molecule has 124 valence electrons. The molecule has 0 aliphatic heterocycles. The third kappa shape index (κ3) is 3.54. The Balaban J connectivity index is 2.19. The quantitative estimate of drug-likeness (QED) is 0.711. The number of aromatic amines is 1. The lowest BCUT2D eigenvalue weighted by molar-refractivity contribution is 0.0528. The number of carbonyl (C=O) groups excluding carboxylic acids is 2. The first kappa shape index (κ1) is 17.4. The number of aliphatic hydroxyl groups is 1. The van der Waals surface area contributed by atoms with E-state index < -0.39 is 5.60 Å². The Morgan fingerprint density at radius 3 is 2.65 bits per heavy atom. The number of Topliss-reactive ketones (excluding diaryl/α,β-unsaturated/α-hetero) is 1. The third-order valence-electron chi connectivity index (χ3n) is 3.96. The number of rotatable bonds is 6. The molecule has 2 rings (SSSR count). The first-order valence-electron chi connectivity index (χ1n) is 7.53. The minimum Gasteiger partial charge on any atom is -0.384 e. The average Bonchev–Trinajstić information content (AvgIpc) is 3.12. The van der Waals surface area contributed by atoms with E-state index in [0.717, 1.165) is 11.1 Å².